The standard InChI is InChI=1S/C22H21NO7/c1-4-28-20(24)13-29-18-9-8-14(11-19(18)27-3)10-17-22(25)30-21(23-17)15-6-5-7-16(12-15)26-2/h5-12H,4,13H2,1-3H3. The van der Waals surface area contributed by atoms with E-state index in [1.54, 1.807) is 62.6 Å². The molecular weight excluding hydrogens is 390 g/mol. The fourth-order valence-electron chi connectivity index (χ4n) is 2.68. The third-order valence-corrected chi connectivity index (χ3v) is 4.08. The monoisotopic (exact) mass is 411 g/mol. The van der Waals surface area contributed by atoms with E-state index in [1.165, 1.54) is 7.11 Å². The topological polar surface area (TPSA) is 92.7 Å². The van der Waals surface area contributed by atoms with Gasteiger partial charge in [-0.3, -0.25) is 0 Å². The highest BCUT2D eigenvalue weighted by atomic mass is 16.6. The van der Waals surface area contributed by atoms with Crippen molar-refractivity contribution < 1.29 is 33.3 Å². The Labute approximate surface area is 173 Å². The summed E-state index contributed by atoms with van der Waals surface area (Å²) in [6.45, 7) is 1.77. The van der Waals surface area contributed by atoms with Crippen LogP contribution in [0.25, 0.3) is 6.08 Å². The molecule has 8 nitrogen and oxygen atoms in total. The lowest BCUT2D eigenvalue weighted by atomic mass is 10.1. The van der Waals surface area contributed by atoms with Crippen LogP contribution < -0.4 is 14.2 Å². The number of rotatable bonds is 8. The molecule has 0 radical (unpaired) electrons. The molecule has 156 valence electrons. The Balaban J connectivity index is 1.80. The smallest absolute Gasteiger partial charge is 0.363 e. The zero-order valence-corrected chi connectivity index (χ0v) is 16.8. The normalized spacial score (nSPS) is 14.2. The van der Waals surface area contributed by atoms with Crippen molar-refractivity contribution in [2.24, 2.45) is 4.99 Å². The van der Waals surface area contributed by atoms with Crippen LogP contribution in [0.15, 0.2) is 53.2 Å². The van der Waals surface area contributed by atoms with Crippen LogP contribution in [0.3, 0.4) is 0 Å². The van der Waals surface area contributed by atoms with E-state index in [1.807, 2.05) is 0 Å². The maximum absolute atomic E-state index is 12.2. The van der Waals surface area contributed by atoms with Crippen LogP contribution in [-0.2, 0) is 19.1 Å². The van der Waals surface area contributed by atoms with Gasteiger partial charge in [-0.1, -0.05) is 12.1 Å². The third kappa shape index (κ3) is 4.96. The van der Waals surface area contributed by atoms with Gasteiger partial charge in [0.1, 0.15) is 5.75 Å². The van der Waals surface area contributed by atoms with Gasteiger partial charge >= 0.3 is 11.9 Å². The Morgan fingerprint density at radius 3 is 2.67 bits per heavy atom. The first-order chi connectivity index (χ1) is 14.5. The Hall–Kier alpha value is -3.81. The minimum Gasteiger partial charge on any atom is -0.497 e. The average Bonchev–Trinajstić information content (AvgIpc) is 3.13. The molecule has 0 saturated carbocycles. The molecule has 0 bridgehead atoms. The van der Waals surface area contributed by atoms with Crippen molar-refractivity contribution in [3.63, 3.8) is 0 Å². The van der Waals surface area contributed by atoms with Crippen LogP contribution in [0.1, 0.15) is 18.1 Å². The maximum atomic E-state index is 12.2. The Morgan fingerprint density at radius 2 is 1.93 bits per heavy atom. The van der Waals surface area contributed by atoms with E-state index in [9.17, 15) is 9.59 Å². The summed E-state index contributed by atoms with van der Waals surface area (Å²) in [5, 5.41) is 0. The van der Waals surface area contributed by atoms with E-state index in [0.29, 0.717) is 28.4 Å². The number of esters is 2. The van der Waals surface area contributed by atoms with Gasteiger partial charge in [-0.05, 0) is 48.9 Å². The van der Waals surface area contributed by atoms with Crippen molar-refractivity contribution in [3.05, 3.63) is 59.3 Å². The van der Waals surface area contributed by atoms with Crippen LogP contribution in [-0.4, -0.2) is 45.3 Å². The van der Waals surface area contributed by atoms with Crippen molar-refractivity contribution in [1.29, 1.82) is 0 Å². The average molecular weight is 411 g/mol. The number of cyclic esters (lactones) is 1. The van der Waals surface area contributed by atoms with Gasteiger partial charge in [0.05, 0.1) is 20.8 Å². The van der Waals surface area contributed by atoms with Crippen molar-refractivity contribution >= 4 is 23.9 Å². The van der Waals surface area contributed by atoms with Crippen LogP contribution in [0.2, 0.25) is 0 Å². The molecule has 0 unspecified atom stereocenters. The first-order valence-corrected chi connectivity index (χ1v) is 9.17. The molecule has 0 amide bonds. The SMILES string of the molecule is CCOC(=O)COc1ccc(C=C2N=C(c3cccc(OC)c3)OC2=O)cc1OC. The summed E-state index contributed by atoms with van der Waals surface area (Å²) in [4.78, 5) is 28.0. The summed E-state index contributed by atoms with van der Waals surface area (Å²) in [5.74, 6) is 0.575. The summed E-state index contributed by atoms with van der Waals surface area (Å²) in [5.41, 5.74) is 1.43. The molecule has 0 spiro atoms. The number of benzene rings is 2. The second-order valence-electron chi connectivity index (χ2n) is 6.07. The van der Waals surface area contributed by atoms with Gasteiger partial charge in [0.2, 0.25) is 5.90 Å². The minimum absolute atomic E-state index is 0.148. The number of hydrogen-bond acceptors (Lipinski definition) is 8. The van der Waals surface area contributed by atoms with E-state index in [2.05, 4.69) is 4.99 Å². The molecule has 8 heteroatoms. The van der Waals surface area contributed by atoms with Gasteiger partial charge in [-0.15, -0.1) is 0 Å². The zero-order chi connectivity index (χ0) is 21.5. The number of ether oxygens (including phenoxy) is 5. The third-order valence-electron chi connectivity index (χ3n) is 4.08. The van der Waals surface area contributed by atoms with E-state index >= 15 is 0 Å². The van der Waals surface area contributed by atoms with E-state index in [-0.39, 0.29) is 24.8 Å². The molecule has 0 N–H and O–H groups in total. The number of methoxy groups -OCH3 is 2. The molecule has 2 aromatic carbocycles. The summed E-state index contributed by atoms with van der Waals surface area (Å²) in [6, 6.07) is 12.1. The summed E-state index contributed by atoms with van der Waals surface area (Å²) in [7, 11) is 3.03. The fourth-order valence-corrected chi connectivity index (χ4v) is 2.68. The second-order valence-corrected chi connectivity index (χ2v) is 6.07. The fraction of sp³-hybridized carbons (Fsp3) is 0.227. The summed E-state index contributed by atoms with van der Waals surface area (Å²) in [6.07, 6.45) is 1.58. The summed E-state index contributed by atoms with van der Waals surface area (Å²) >= 11 is 0. The van der Waals surface area contributed by atoms with Crippen molar-refractivity contribution in [3.8, 4) is 17.2 Å². The number of carbonyl (C=O) groups is 2. The molecule has 30 heavy (non-hydrogen) atoms. The highest BCUT2D eigenvalue weighted by Crippen LogP contribution is 2.30. The van der Waals surface area contributed by atoms with Crippen LogP contribution >= 0.6 is 0 Å². The Bertz CT molecular complexity index is 1010. The molecule has 0 atom stereocenters. The molecule has 0 aliphatic carbocycles. The molecule has 1 aliphatic rings. The van der Waals surface area contributed by atoms with E-state index < -0.39 is 11.9 Å². The highest BCUT2D eigenvalue weighted by molar-refractivity contribution is 6.13. The quantitative estimate of drug-likeness (QED) is 0.487. The van der Waals surface area contributed by atoms with E-state index in [0.717, 1.165) is 0 Å². The Kier molecular flexibility index (Phi) is 6.69. The lowest BCUT2D eigenvalue weighted by Crippen LogP contribution is -2.14. The van der Waals surface area contributed by atoms with Crippen molar-refractivity contribution in [2.45, 2.75) is 6.92 Å². The summed E-state index contributed by atoms with van der Waals surface area (Å²) < 4.78 is 26.0. The lowest BCUT2D eigenvalue weighted by Gasteiger charge is -2.10. The molecule has 2 aromatic rings. The van der Waals surface area contributed by atoms with Crippen molar-refractivity contribution in [2.75, 3.05) is 27.4 Å². The minimum atomic E-state index is -0.561. The van der Waals surface area contributed by atoms with Gasteiger partial charge < -0.3 is 23.7 Å². The van der Waals surface area contributed by atoms with Gasteiger partial charge in [0.15, 0.2) is 23.8 Å². The van der Waals surface area contributed by atoms with Gasteiger partial charge in [-0.25, -0.2) is 14.6 Å². The first-order valence-electron chi connectivity index (χ1n) is 9.17. The van der Waals surface area contributed by atoms with Crippen LogP contribution in [0, 0.1) is 0 Å². The zero-order valence-electron chi connectivity index (χ0n) is 16.8. The molecular formula is C22H21NO7. The van der Waals surface area contributed by atoms with Gasteiger partial charge in [-0.2, -0.15) is 0 Å². The molecule has 0 saturated heterocycles. The molecule has 0 aromatic heterocycles. The van der Waals surface area contributed by atoms with Crippen molar-refractivity contribution in [1.82, 2.24) is 0 Å². The molecule has 0 fully saturated rings. The molecule has 1 aliphatic heterocycles. The van der Waals surface area contributed by atoms with Crippen LogP contribution in [0.4, 0.5) is 0 Å². The largest absolute Gasteiger partial charge is 0.497 e. The van der Waals surface area contributed by atoms with Gasteiger partial charge in [0.25, 0.3) is 0 Å². The Morgan fingerprint density at radius 1 is 1.10 bits per heavy atom. The number of hydrogen-bond donors (Lipinski definition) is 0. The highest BCUT2D eigenvalue weighted by Gasteiger charge is 2.24. The first kappa shape index (κ1) is 20.9. The van der Waals surface area contributed by atoms with Gasteiger partial charge in [0, 0.05) is 5.56 Å². The van der Waals surface area contributed by atoms with E-state index in [4.69, 9.17) is 23.7 Å². The molecule has 1 heterocycles. The number of carbonyl (C=O) groups excluding carboxylic acids is 2. The second kappa shape index (κ2) is 9.60. The maximum Gasteiger partial charge on any atom is 0.363 e. The number of nitrogens with zero attached hydrogens (tertiary/aromatic N) is 1. The lowest BCUT2D eigenvalue weighted by molar-refractivity contribution is -0.145. The molecule has 3 rings (SSSR count). The predicted molar refractivity (Wildman–Crippen MR) is 109 cm³/mol. The van der Waals surface area contributed by atoms with Crippen LogP contribution in [0.5, 0.6) is 17.2 Å². The predicted octanol–water partition coefficient (Wildman–Crippen LogP) is 2.99. The number of aliphatic imine (C=N–C) groups is 1.